The summed E-state index contributed by atoms with van der Waals surface area (Å²) in [6, 6.07) is 44.1. The molecule has 2 heteroatoms. The van der Waals surface area contributed by atoms with Crippen molar-refractivity contribution in [3.63, 3.8) is 0 Å². The molecule has 0 aromatic heterocycles. The monoisotopic (exact) mass is 570 g/mol. The lowest BCUT2D eigenvalue weighted by atomic mass is 9.88. The molecule has 0 fully saturated rings. The number of hydrogen-bond donors (Lipinski definition) is 0. The number of para-hydroxylation sites is 2. The van der Waals surface area contributed by atoms with Crippen molar-refractivity contribution in [3.05, 3.63) is 144 Å². The van der Waals surface area contributed by atoms with Gasteiger partial charge in [-0.25, -0.2) is 0 Å². The number of allylic oxidation sites excluding steroid dienone is 1. The fraction of sp³-hybridized carbons (Fsp3) is 0.119. The van der Waals surface area contributed by atoms with Gasteiger partial charge in [-0.2, -0.15) is 0 Å². The Balaban J connectivity index is 0.00000168. The molecule has 6 aromatic carbocycles. The summed E-state index contributed by atoms with van der Waals surface area (Å²) in [5, 5.41) is 2.52. The second-order valence-corrected chi connectivity index (χ2v) is 11.0. The molecule has 0 bridgehead atoms. The molecule has 2 nitrogen and oxygen atoms in total. The van der Waals surface area contributed by atoms with Crippen molar-refractivity contribution in [3.8, 4) is 33.4 Å². The van der Waals surface area contributed by atoms with Crippen molar-refractivity contribution < 1.29 is 0 Å². The summed E-state index contributed by atoms with van der Waals surface area (Å²) in [6.07, 6.45) is 4.27. The van der Waals surface area contributed by atoms with Crippen LogP contribution in [0.15, 0.2) is 132 Å². The van der Waals surface area contributed by atoms with Gasteiger partial charge in [0.05, 0.1) is 11.4 Å². The highest BCUT2D eigenvalue weighted by molar-refractivity contribution is 5.97. The van der Waals surface area contributed by atoms with Crippen molar-refractivity contribution in [1.29, 1.82) is 0 Å². The number of aliphatic imine (C=N–C) groups is 1. The molecule has 0 radical (unpaired) electrons. The van der Waals surface area contributed by atoms with Crippen LogP contribution < -0.4 is 4.90 Å². The highest BCUT2D eigenvalue weighted by Crippen LogP contribution is 2.47. The number of nitrogens with zero attached hydrogens (tertiary/aromatic N) is 2. The number of benzene rings is 6. The van der Waals surface area contributed by atoms with E-state index in [9.17, 15) is 0 Å². The van der Waals surface area contributed by atoms with Gasteiger partial charge in [-0.1, -0.05) is 105 Å². The van der Waals surface area contributed by atoms with Gasteiger partial charge in [-0.05, 0) is 118 Å². The number of rotatable bonds is 5. The molecule has 0 N–H and O–H groups in total. The van der Waals surface area contributed by atoms with E-state index >= 15 is 0 Å². The van der Waals surface area contributed by atoms with Gasteiger partial charge in [-0.3, -0.25) is 4.99 Å². The minimum Gasteiger partial charge on any atom is -0.335 e. The quantitative estimate of drug-likeness (QED) is 0.188. The third-order valence-electron chi connectivity index (χ3n) is 8.40. The first kappa shape index (κ1) is 28.9. The molecule has 216 valence electrons. The van der Waals surface area contributed by atoms with E-state index in [1.54, 1.807) is 0 Å². The van der Waals surface area contributed by atoms with Gasteiger partial charge in [0.1, 0.15) is 0 Å². The van der Waals surface area contributed by atoms with Crippen molar-refractivity contribution in [2.24, 2.45) is 4.99 Å². The molecule has 44 heavy (non-hydrogen) atoms. The molecular weight excluding hydrogens is 532 g/mol. The minimum atomic E-state index is 0.777. The molecule has 0 unspecified atom stereocenters. The average Bonchev–Trinajstić information content (AvgIpc) is 3.09. The van der Waals surface area contributed by atoms with E-state index in [4.69, 9.17) is 0 Å². The fourth-order valence-corrected chi connectivity index (χ4v) is 6.17. The van der Waals surface area contributed by atoms with Crippen LogP contribution in [-0.4, -0.2) is 6.72 Å². The van der Waals surface area contributed by atoms with Crippen LogP contribution in [0, 0.1) is 6.92 Å². The molecule has 0 saturated heterocycles. The summed E-state index contributed by atoms with van der Waals surface area (Å²) in [5.41, 5.74) is 14.4. The lowest BCUT2D eigenvalue weighted by Gasteiger charge is -2.34. The Morgan fingerprint density at radius 1 is 0.636 bits per heavy atom. The van der Waals surface area contributed by atoms with Crippen molar-refractivity contribution in [2.75, 3.05) is 4.90 Å². The highest BCUT2D eigenvalue weighted by Gasteiger charge is 2.25. The first-order chi connectivity index (χ1) is 21.6. The maximum absolute atomic E-state index is 4.35. The summed E-state index contributed by atoms with van der Waals surface area (Å²) in [6.45, 7) is 12.8. The third-order valence-corrected chi connectivity index (χ3v) is 8.40. The predicted octanol–water partition coefficient (Wildman–Crippen LogP) is 12.2. The molecular formula is C42H38N2. The van der Waals surface area contributed by atoms with Gasteiger partial charge in [0.25, 0.3) is 0 Å². The zero-order chi connectivity index (χ0) is 30.6. The van der Waals surface area contributed by atoms with Gasteiger partial charge >= 0.3 is 0 Å². The predicted molar refractivity (Wildman–Crippen MR) is 193 cm³/mol. The molecule has 7 rings (SSSR count). The lowest BCUT2D eigenvalue weighted by molar-refractivity contribution is 0.963. The normalized spacial score (nSPS) is 12.0. The van der Waals surface area contributed by atoms with Gasteiger partial charge < -0.3 is 4.90 Å². The van der Waals surface area contributed by atoms with E-state index in [1.807, 2.05) is 26.0 Å². The Morgan fingerprint density at radius 3 is 1.95 bits per heavy atom. The first-order valence-electron chi connectivity index (χ1n) is 15.5. The van der Waals surface area contributed by atoms with E-state index in [1.165, 1.54) is 66.5 Å². The molecule has 0 amide bonds. The highest BCUT2D eigenvalue weighted by atomic mass is 15.2. The molecule has 0 aliphatic carbocycles. The van der Waals surface area contributed by atoms with Gasteiger partial charge in [-0.15, -0.1) is 0 Å². The lowest BCUT2D eigenvalue weighted by Crippen LogP contribution is -2.21. The topological polar surface area (TPSA) is 15.6 Å². The summed E-state index contributed by atoms with van der Waals surface area (Å²) in [7, 11) is 0. The van der Waals surface area contributed by atoms with Crippen molar-refractivity contribution >= 4 is 40.6 Å². The second kappa shape index (κ2) is 12.6. The van der Waals surface area contributed by atoms with Gasteiger partial charge in [0.2, 0.25) is 0 Å². The van der Waals surface area contributed by atoms with E-state index in [0.29, 0.717) is 0 Å². The van der Waals surface area contributed by atoms with E-state index in [2.05, 4.69) is 152 Å². The maximum Gasteiger partial charge on any atom is 0.0859 e. The molecule has 1 heterocycles. The van der Waals surface area contributed by atoms with Crippen LogP contribution in [0.2, 0.25) is 0 Å². The van der Waals surface area contributed by atoms with Crippen molar-refractivity contribution in [1.82, 2.24) is 0 Å². The zero-order valence-electron chi connectivity index (χ0n) is 26.0. The van der Waals surface area contributed by atoms with Gasteiger partial charge in [0.15, 0.2) is 0 Å². The van der Waals surface area contributed by atoms with Crippen molar-refractivity contribution in [2.45, 2.75) is 34.2 Å². The summed E-state index contributed by atoms with van der Waals surface area (Å²) in [4.78, 5) is 6.73. The Morgan fingerprint density at radius 2 is 1.25 bits per heavy atom. The number of hydrogen-bond acceptors (Lipinski definition) is 2. The minimum absolute atomic E-state index is 0.777. The van der Waals surface area contributed by atoms with Crippen LogP contribution in [-0.2, 0) is 6.54 Å². The Kier molecular flexibility index (Phi) is 8.25. The summed E-state index contributed by atoms with van der Waals surface area (Å²) < 4.78 is 0. The van der Waals surface area contributed by atoms with Crippen LogP contribution in [0.25, 0.3) is 50.2 Å². The average molecular weight is 571 g/mol. The second-order valence-electron chi connectivity index (χ2n) is 11.0. The fourth-order valence-electron chi connectivity index (χ4n) is 6.17. The SMILES string of the molecule is C=Nc1ccccc1N1Cc2cc3ccccc3cc2-c2cc(-c3ccc(-c4ccc(C)c(/C=C\C)c4)cc3)ccc21.CC. The molecule has 0 atom stereocenters. The smallest absolute Gasteiger partial charge is 0.0859 e. The number of anilines is 2. The molecule has 0 saturated carbocycles. The maximum atomic E-state index is 4.35. The first-order valence-corrected chi connectivity index (χ1v) is 15.5. The van der Waals surface area contributed by atoms with Crippen LogP contribution in [0.5, 0.6) is 0 Å². The Bertz CT molecular complexity index is 2000. The van der Waals surface area contributed by atoms with Crippen LogP contribution in [0.1, 0.15) is 37.5 Å². The van der Waals surface area contributed by atoms with Crippen LogP contribution >= 0.6 is 0 Å². The van der Waals surface area contributed by atoms with Crippen LogP contribution in [0.3, 0.4) is 0 Å². The van der Waals surface area contributed by atoms with E-state index in [-0.39, 0.29) is 0 Å². The molecule has 1 aliphatic rings. The zero-order valence-corrected chi connectivity index (χ0v) is 26.0. The van der Waals surface area contributed by atoms with E-state index in [0.717, 1.165) is 17.9 Å². The number of aryl methyl sites for hydroxylation is 1. The molecule has 1 aliphatic heterocycles. The largest absolute Gasteiger partial charge is 0.335 e. The Labute approximate surface area is 261 Å². The molecule has 0 spiro atoms. The third kappa shape index (κ3) is 5.36. The van der Waals surface area contributed by atoms with E-state index < -0.39 is 0 Å². The summed E-state index contributed by atoms with van der Waals surface area (Å²) in [5.74, 6) is 0. The van der Waals surface area contributed by atoms with Crippen LogP contribution in [0.4, 0.5) is 17.1 Å². The van der Waals surface area contributed by atoms with Gasteiger partial charge in [0, 0.05) is 17.8 Å². The summed E-state index contributed by atoms with van der Waals surface area (Å²) >= 11 is 0. The standard InChI is InChI=1S/C40H32N2.C2H6/c1-4-9-30-22-33(15-14-27(30)2)28-16-18-29(19-17-28)34-20-21-39-37(25-34)36-24-32-11-6-5-10-31(32)23-35(36)26-42(39)40-13-8-7-12-38(40)41-3;1-2/h4-25H,3,26H2,1-2H3;1-2H3/b9-4-;. The molecule has 6 aromatic rings. The Hall–Kier alpha value is -5.21. The number of fused-ring (bicyclic) bond motifs is 4.